The molecule has 1 spiro atoms. The number of fused-ring (bicyclic) bond motifs is 9. The fourth-order valence-electron chi connectivity index (χ4n) is 8.40. The van der Waals surface area contributed by atoms with Crippen molar-refractivity contribution in [3.8, 4) is 39.8 Å². The zero-order chi connectivity index (χ0) is 34.6. The van der Waals surface area contributed by atoms with E-state index in [0.29, 0.717) is 5.56 Å². The Kier molecular flexibility index (Phi) is 6.92. The van der Waals surface area contributed by atoms with Crippen LogP contribution in [0.25, 0.3) is 22.3 Å². The molecule has 0 saturated carbocycles. The Morgan fingerprint density at radius 1 is 0.558 bits per heavy atom. The van der Waals surface area contributed by atoms with Crippen LogP contribution in [0.2, 0.25) is 0 Å². The van der Waals surface area contributed by atoms with Gasteiger partial charge in [0, 0.05) is 16.7 Å². The quantitative estimate of drug-likeness (QED) is 0.196. The second-order valence-electron chi connectivity index (χ2n) is 13.5. The van der Waals surface area contributed by atoms with Gasteiger partial charge in [0.05, 0.1) is 17.0 Å². The molecule has 10 rings (SSSR count). The Morgan fingerprint density at radius 2 is 1.13 bits per heavy atom. The molecule has 2 N–H and O–H groups in total. The molecule has 0 fully saturated rings. The maximum absolute atomic E-state index is 9.25. The summed E-state index contributed by atoms with van der Waals surface area (Å²) in [4.78, 5) is 5.43. The van der Waals surface area contributed by atoms with E-state index in [1.807, 2.05) is 30.3 Å². The lowest BCUT2D eigenvalue weighted by Crippen LogP contribution is -2.45. The van der Waals surface area contributed by atoms with Crippen LogP contribution in [0.1, 0.15) is 56.8 Å². The summed E-state index contributed by atoms with van der Waals surface area (Å²) in [6, 6.07) is 61.4. The highest BCUT2D eigenvalue weighted by molar-refractivity contribution is 6.00. The second-order valence-corrected chi connectivity index (χ2v) is 13.5. The summed E-state index contributed by atoms with van der Waals surface area (Å²) in [7, 11) is 0. The summed E-state index contributed by atoms with van der Waals surface area (Å²) in [5, 5.41) is 16.8. The average Bonchev–Trinajstić information content (AvgIpc) is 3.52. The Hall–Kier alpha value is -6.74. The van der Waals surface area contributed by atoms with Crippen molar-refractivity contribution >= 4 is 5.84 Å². The summed E-state index contributed by atoms with van der Waals surface area (Å²) in [6.45, 7) is 0. The molecule has 0 radical (unpaired) electrons. The van der Waals surface area contributed by atoms with Crippen LogP contribution in [0.15, 0.2) is 175 Å². The van der Waals surface area contributed by atoms with Crippen molar-refractivity contribution in [3.63, 3.8) is 0 Å². The number of nitriles is 1. The van der Waals surface area contributed by atoms with Crippen molar-refractivity contribution < 1.29 is 4.74 Å². The number of ether oxygens (including phenoxy) is 1. The van der Waals surface area contributed by atoms with Crippen molar-refractivity contribution in [1.29, 1.82) is 5.26 Å². The van der Waals surface area contributed by atoms with Crippen LogP contribution in [-0.2, 0) is 5.41 Å². The predicted octanol–water partition coefficient (Wildman–Crippen LogP) is 10.0. The molecule has 0 aromatic heterocycles. The lowest BCUT2D eigenvalue weighted by Gasteiger charge is -2.39. The molecule has 1 aliphatic carbocycles. The Labute approximate surface area is 302 Å². The van der Waals surface area contributed by atoms with Crippen LogP contribution in [0, 0.1) is 11.3 Å². The summed E-state index contributed by atoms with van der Waals surface area (Å²) < 4.78 is 6.56. The molecule has 5 heteroatoms. The zero-order valence-electron chi connectivity index (χ0n) is 28.1. The third kappa shape index (κ3) is 4.55. The summed E-state index contributed by atoms with van der Waals surface area (Å²) in [6.07, 6.45) is -0.522. The van der Waals surface area contributed by atoms with E-state index in [2.05, 4.69) is 156 Å². The van der Waals surface area contributed by atoms with Gasteiger partial charge in [0.2, 0.25) is 0 Å². The summed E-state index contributed by atoms with van der Waals surface area (Å²) >= 11 is 0. The van der Waals surface area contributed by atoms with E-state index in [1.165, 1.54) is 22.3 Å². The molecular weight excluding hydrogens is 637 g/mol. The Balaban J connectivity index is 1.15. The molecule has 52 heavy (non-hydrogen) atoms. The van der Waals surface area contributed by atoms with E-state index in [1.54, 1.807) is 0 Å². The van der Waals surface area contributed by atoms with Gasteiger partial charge in [-0.25, -0.2) is 4.99 Å². The molecule has 2 unspecified atom stereocenters. The van der Waals surface area contributed by atoms with Gasteiger partial charge in [0.1, 0.15) is 29.7 Å². The Morgan fingerprint density at radius 3 is 1.83 bits per heavy atom. The highest BCUT2D eigenvalue weighted by Gasteiger charge is 2.51. The van der Waals surface area contributed by atoms with Crippen LogP contribution in [0.3, 0.4) is 0 Å². The molecule has 7 aromatic carbocycles. The standard InChI is InChI=1S/C47H32N4O/c48-29-30-21-23-31(24-22-30)32-25-27-34(28-26-32)45-49-44(33-11-2-1-3-12-33)50-46(51-45)36-14-10-18-40-43(36)35-13-4-5-15-37(35)47(40)38-16-6-8-19-41(38)52-42-20-9-7-17-39(42)47/h1-28,44,46,50H,(H,49,51). The van der Waals surface area contributed by atoms with Gasteiger partial charge < -0.3 is 10.1 Å². The number of amidine groups is 1. The van der Waals surface area contributed by atoms with E-state index in [9.17, 15) is 5.26 Å². The minimum absolute atomic E-state index is 0.178. The van der Waals surface area contributed by atoms with Crippen molar-refractivity contribution in [2.75, 3.05) is 0 Å². The highest BCUT2D eigenvalue weighted by Crippen LogP contribution is 2.62. The number of hydrogen-bond acceptors (Lipinski definition) is 5. The van der Waals surface area contributed by atoms with E-state index >= 15 is 0 Å². The lowest BCUT2D eigenvalue weighted by molar-refractivity contribution is 0.409. The maximum atomic E-state index is 9.25. The highest BCUT2D eigenvalue weighted by atomic mass is 16.5. The van der Waals surface area contributed by atoms with Crippen molar-refractivity contribution in [2.24, 2.45) is 4.99 Å². The van der Waals surface area contributed by atoms with Crippen LogP contribution in [-0.4, -0.2) is 5.84 Å². The number of hydrogen-bond donors (Lipinski definition) is 2. The molecule has 0 saturated heterocycles. The molecule has 2 aliphatic heterocycles. The van der Waals surface area contributed by atoms with Gasteiger partial charge in [-0.05, 0) is 68.8 Å². The van der Waals surface area contributed by atoms with Gasteiger partial charge in [-0.3, -0.25) is 5.32 Å². The van der Waals surface area contributed by atoms with Crippen LogP contribution in [0.4, 0.5) is 0 Å². The largest absolute Gasteiger partial charge is 0.457 e. The SMILES string of the molecule is N#Cc1ccc(-c2ccc(C3=NC(c4cccc5c4-c4ccccc4C54c5ccccc5Oc5ccccc54)NC(c4ccccc4)N3)cc2)cc1. The number of para-hydroxylation sites is 2. The molecule has 2 atom stereocenters. The van der Waals surface area contributed by atoms with E-state index in [-0.39, 0.29) is 12.3 Å². The number of nitrogens with zero attached hydrogens (tertiary/aromatic N) is 2. The molecule has 7 aromatic rings. The maximum Gasteiger partial charge on any atom is 0.132 e. The molecular formula is C47H32N4O. The van der Waals surface area contributed by atoms with Crippen LogP contribution < -0.4 is 15.4 Å². The summed E-state index contributed by atoms with van der Waals surface area (Å²) in [5.74, 6) is 2.58. The number of nitrogens with one attached hydrogen (secondary N) is 2. The first-order chi connectivity index (χ1) is 25.7. The first kappa shape index (κ1) is 30.1. The zero-order valence-corrected chi connectivity index (χ0v) is 28.1. The topological polar surface area (TPSA) is 69.4 Å². The first-order valence-corrected chi connectivity index (χ1v) is 17.6. The molecule has 0 bridgehead atoms. The van der Waals surface area contributed by atoms with Gasteiger partial charge >= 0.3 is 0 Å². The number of aliphatic imine (C=N–C) groups is 1. The van der Waals surface area contributed by atoms with Crippen molar-refractivity contribution in [3.05, 3.63) is 214 Å². The molecule has 3 aliphatic rings. The third-order valence-corrected chi connectivity index (χ3v) is 10.7. The molecule has 5 nitrogen and oxygen atoms in total. The van der Waals surface area contributed by atoms with Gasteiger partial charge in [0.25, 0.3) is 0 Å². The predicted molar refractivity (Wildman–Crippen MR) is 205 cm³/mol. The minimum Gasteiger partial charge on any atom is -0.457 e. The average molecular weight is 669 g/mol. The molecule has 2 heterocycles. The monoisotopic (exact) mass is 668 g/mol. The number of benzene rings is 7. The third-order valence-electron chi connectivity index (χ3n) is 10.7. The van der Waals surface area contributed by atoms with E-state index < -0.39 is 5.41 Å². The molecule has 0 amide bonds. The van der Waals surface area contributed by atoms with Gasteiger partial charge in [-0.1, -0.05) is 146 Å². The van der Waals surface area contributed by atoms with Crippen LogP contribution >= 0.6 is 0 Å². The van der Waals surface area contributed by atoms with Crippen LogP contribution in [0.5, 0.6) is 11.5 Å². The van der Waals surface area contributed by atoms with Gasteiger partial charge in [0.15, 0.2) is 0 Å². The lowest BCUT2D eigenvalue weighted by atomic mass is 9.66. The smallest absolute Gasteiger partial charge is 0.132 e. The molecule has 246 valence electrons. The van der Waals surface area contributed by atoms with E-state index in [0.717, 1.165) is 56.3 Å². The van der Waals surface area contributed by atoms with Crippen molar-refractivity contribution in [2.45, 2.75) is 17.7 Å². The second kappa shape index (κ2) is 11.9. The normalized spacial score (nSPS) is 17.3. The fraction of sp³-hybridized carbons (Fsp3) is 0.0638. The fourth-order valence-corrected chi connectivity index (χ4v) is 8.40. The summed E-state index contributed by atoms with van der Waals surface area (Å²) in [5.41, 5.74) is 12.7. The van der Waals surface area contributed by atoms with Gasteiger partial charge in [-0.15, -0.1) is 0 Å². The van der Waals surface area contributed by atoms with E-state index in [4.69, 9.17) is 9.73 Å². The van der Waals surface area contributed by atoms with Crippen molar-refractivity contribution in [1.82, 2.24) is 10.6 Å². The first-order valence-electron chi connectivity index (χ1n) is 17.6. The minimum atomic E-state index is -0.549. The van der Waals surface area contributed by atoms with Gasteiger partial charge in [-0.2, -0.15) is 5.26 Å². The Bertz CT molecular complexity index is 2520. The number of rotatable bonds is 4.